The van der Waals surface area contributed by atoms with Crippen LogP contribution in [0.25, 0.3) is 0 Å². The van der Waals surface area contributed by atoms with Crippen molar-refractivity contribution in [1.82, 2.24) is 0 Å². The van der Waals surface area contributed by atoms with Crippen molar-refractivity contribution in [3.8, 4) is 0 Å². The van der Waals surface area contributed by atoms with Crippen LogP contribution in [0, 0.1) is 17.4 Å². The molecule has 3 heteroatoms. The van der Waals surface area contributed by atoms with Gasteiger partial charge >= 0.3 is 0 Å². The SMILES string of the molecule is Cc1c(S)cc(CN)c(C)c1I. The summed E-state index contributed by atoms with van der Waals surface area (Å²) in [6.07, 6.45) is 0. The lowest BCUT2D eigenvalue weighted by Gasteiger charge is -2.10. The van der Waals surface area contributed by atoms with Crippen LogP contribution in [0.2, 0.25) is 0 Å². The van der Waals surface area contributed by atoms with Crippen LogP contribution in [0.1, 0.15) is 16.7 Å². The molecule has 0 heterocycles. The fraction of sp³-hybridized carbons (Fsp3) is 0.333. The van der Waals surface area contributed by atoms with E-state index in [4.69, 9.17) is 5.73 Å². The molecule has 0 amide bonds. The van der Waals surface area contributed by atoms with E-state index in [1.165, 1.54) is 20.3 Å². The molecule has 1 aromatic carbocycles. The van der Waals surface area contributed by atoms with E-state index in [0.29, 0.717) is 6.54 Å². The molecule has 0 unspecified atom stereocenters. The highest BCUT2D eigenvalue weighted by molar-refractivity contribution is 14.1. The van der Waals surface area contributed by atoms with E-state index < -0.39 is 0 Å². The van der Waals surface area contributed by atoms with E-state index in [-0.39, 0.29) is 0 Å². The van der Waals surface area contributed by atoms with Crippen LogP contribution in [-0.2, 0) is 6.54 Å². The van der Waals surface area contributed by atoms with Crippen LogP contribution in [-0.4, -0.2) is 0 Å². The molecule has 0 aliphatic carbocycles. The lowest BCUT2D eigenvalue weighted by Crippen LogP contribution is -2.02. The molecule has 0 aromatic heterocycles. The first-order valence-corrected chi connectivity index (χ1v) is 5.28. The van der Waals surface area contributed by atoms with E-state index in [9.17, 15) is 0 Å². The zero-order valence-corrected chi connectivity index (χ0v) is 10.2. The average molecular weight is 293 g/mol. The minimum absolute atomic E-state index is 0.593. The molecule has 2 N–H and O–H groups in total. The number of benzene rings is 1. The molecule has 0 atom stereocenters. The van der Waals surface area contributed by atoms with Gasteiger partial charge in [0.2, 0.25) is 0 Å². The van der Waals surface area contributed by atoms with Gasteiger partial charge < -0.3 is 5.73 Å². The fourth-order valence-electron chi connectivity index (χ4n) is 1.13. The summed E-state index contributed by atoms with van der Waals surface area (Å²) in [5.74, 6) is 0. The van der Waals surface area contributed by atoms with Crippen molar-refractivity contribution < 1.29 is 0 Å². The molecule has 0 spiro atoms. The van der Waals surface area contributed by atoms with Crippen molar-refractivity contribution in [3.63, 3.8) is 0 Å². The van der Waals surface area contributed by atoms with Crippen LogP contribution in [0.15, 0.2) is 11.0 Å². The Balaban J connectivity index is 3.39. The number of rotatable bonds is 1. The van der Waals surface area contributed by atoms with Crippen molar-refractivity contribution in [2.75, 3.05) is 0 Å². The Morgan fingerprint density at radius 2 is 2.00 bits per heavy atom. The molecule has 0 bridgehead atoms. The Bertz CT molecular complexity index is 310. The van der Waals surface area contributed by atoms with E-state index in [1.807, 2.05) is 0 Å². The smallest absolute Gasteiger partial charge is 0.0203 e. The summed E-state index contributed by atoms with van der Waals surface area (Å²) in [4.78, 5) is 1.03. The molecule has 0 radical (unpaired) electrons. The van der Waals surface area contributed by atoms with Crippen molar-refractivity contribution in [3.05, 3.63) is 26.3 Å². The van der Waals surface area contributed by atoms with E-state index >= 15 is 0 Å². The topological polar surface area (TPSA) is 26.0 Å². The summed E-state index contributed by atoms with van der Waals surface area (Å²) >= 11 is 6.72. The first kappa shape index (κ1) is 10.3. The Morgan fingerprint density at radius 3 is 2.50 bits per heavy atom. The molecule has 0 saturated heterocycles. The van der Waals surface area contributed by atoms with Gasteiger partial charge in [0.1, 0.15) is 0 Å². The third kappa shape index (κ3) is 1.78. The van der Waals surface area contributed by atoms with Gasteiger partial charge in [0.05, 0.1) is 0 Å². The van der Waals surface area contributed by atoms with Gasteiger partial charge in [0, 0.05) is 15.0 Å². The Kier molecular flexibility index (Phi) is 3.43. The second-order valence-electron chi connectivity index (χ2n) is 2.82. The molecule has 0 aliphatic heterocycles. The van der Waals surface area contributed by atoms with E-state index in [2.05, 4.69) is 55.1 Å². The Labute approximate surface area is 92.3 Å². The summed E-state index contributed by atoms with van der Waals surface area (Å²) in [5.41, 5.74) is 9.32. The molecule has 12 heavy (non-hydrogen) atoms. The number of nitrogens with two attached hydrogens (primary N) is 1. The number of thiol groups is 1. The molecule has 0 fully saturated rings. The summed E-state index contributed by atoms with van der Waals surface area (Å²) < 4.78 is 1.28. The number of hydrogen-bond donors (Lipinski definition) is 2. The van der Waals surface area contributed by atoms with Crippen molar-refractivity contribution in [1.29, 1.82) is 0 Å². The summed E-state index contributed by atoms with van der Waals surface area (Å²) in [7, 11) is 0. The lowest BCUT2D eigenvalue weighted by atomic mass is 10.1. The predicted molar refractivity (Wildman–Crippen MR) is 63.8 cm³/mol. The third-order valence-corrected chi connectivity index (χ3v) is 4.14. The maximum atomic E-state index is 5.60. The molecule has 1 aromatic rings. The molecule has 0 aliphatic rings. The minimum atomic E-state index is 0.593. The van der Waals surface area contributed by atoms with Crippen molar-refractivity contribution in [2.24, 2.45) is 5.73 Å². The minimum Gasteiger partial charge on any atom is -0.326 e. The van der Waals surface area contributed by atoms with Gasteiger partial charge in [-0.25, -0.2) is 0 Å². The molecule has 66 valence electrons. The molecular formula is C9H12INS. The van der Waals surface area contributed by atoms with Gasteiger partial charge in [0.25, 0.3) is 0 Å². The number of hydrogen-bond acceptors (Lipinski definition) is 2. The maximum Gasteiger partial charge on any atom is 0.0203 e. The number of halogens is 1. The highest BCUT2D eigenvalue weighted by Gasteiger charge is 2.06. The molecule has 0 saturated carbocycles. The van der Waals surface area contributed by atoms with E-state index in [1.54, 1.807) is 0 Å². The molecule has 1 rings (SSSR count). The quantitative estimate of drug-likeness (QED) is 0.604. The first-order valence-electron chi connectivity index (χ1n) is 3.75. The zero-order valence-electron chi connectivity index (χ0n) is 7.19. The predicted octanol–water partition coefficient (Wildman–Crippen LogP) is 2.66. The van der Waals surface area contributed by atoms with Crippen molar-refractivity contribution in [2.45, 2.75) is 25.3 Å². The van der Waals surface area contributed by atoms with Crippen LogP contribution in [0.5, 0.6) is 0 Å². The normalized spacial score (nSPS) is 10.4. The van der Waals surface area contributed by atoms with Crippen LogP contribution in [0.3, 0.4) is 0 Å². The second-order valence-corrected chi connectivity index (χ2v) is 4.38. The van der Waals surface area contributed by atoms with Crippen LogP contribution in [0.4, 0.5) is 0 Å². The highest BCUT2D eigenvalue weighted by Crippen LogP contribution is 2.25. The Hall–Kier alpha value is 0.260. The van der Waals surface area contributed by atoms with Gasteiger partial charge in [-0.15, -0.1) is 12.6 Å². The Morgan fingerprint density at radius 1 is 1.42 bits per heavy atom. The van der Waals surface area contributed by atoms with Gasteiger partial charge in [-0.2, -0.15) is 0 Å². The van der Waals surface area contributed by atoms with Gasteiger partial charge in [0.15, 0.2) is 0 Å². The summed E-state index contributed by atoms with van der Waals surface area (Å²) in [6, 6.07) is 2.05. The average Bonchev–Trinajstić information content (AvgIpc) is 2.08. The van der Waals surface area contributed by atoms with Gasteiger partial charge in [-0.3, -0.25) is 0 Å². The highest BCUT2D eigenvalue weighted by atomic mass is 127. The van der Waals surface area contributed by atoms with Gasteiger partial charge in [-0.1, -0.05) is 0 Å². The summed E-state index contributed by atoms with van der Waals surface area (Å²) in [5, 5.41) is 0. The molecule has 1 nitrogen and oxygen atoms in total. The summed E-state index contributed by atoms with van der Waals surface area (Å²) in [6.45, 7) is 4.78. The third-order valence-electron chi connectivity index (χ3n) is 2.06. The maximum absolute atomic E-state index is 5.60. The second kappa shape index (κ2) is 3.98. The molecular weight excluding hydrogens is 281 g/mol. The van der Waals surface area contributed by atoms with E-state index in [0.717, 1.165) is 4.90 Å². The largest absolute Gasteiger partial charge is 0.326 e. The van der Waals surface area contributed by atoms with Gasteiger partial charge in [-0.05, 0) is 59.2 Å². The fourth-order valence-corrected chi connectivity index (χ4v) is 2.25. The monoisotopic (exact) mass is 293 g/mol. The zero-order chi connectivity index (χ0) is 9.30. The lowest BCUT2D eigenvalue weighted by molar-refractivity contribution is 1.02. The van der Waals surface area contributed by atoms with Crippen molar-refractivity contribution >= 4 is 35.2 Å². The first-order chi connectivity index (χ1) is 5.57. The van der Waals surface area contributed by atoms with Crippen LogP contribution >= 0.6 is 35.2 Å². The van der Waals surface area contributed by atoms with Crippen LogP contribution < -0.4 is 5.73 Å². The standard InChI is InChI=1S/C9H12INS/c1-5-7(4-11)3-8(12)6(2)9(5)10/h3,12H,4,11H2,1-2H3.